The highest BCUT2D eigenvalue weighted by Gasteiger charge is 2.34. The van der Waals surface area contributed by atoms with Crippen molar-refractivity contribution >= 4 is 0 Å². The number of aromatic hydroxyl groups is 1. The molecule has 14 heavy (non-hydrogen) atoms. The van der Waals surface area contributed by atoms with Crippen molar-refractivity contribution in [2.24, 2.45) is 0 Å². The standard InChI is InChI=1S/C10H11F3O/c1-6(2)8-4-3-7(14)5-9(8)10(11,12)13/h3-6,14H,1-2H3. The molecule has 1 rings (SSSR count). The number of phenols is 1. The largest absolute Gasteiger partial charge is 0.508 e. The van der Waals surface area contributed by atoms with Crippen LogP contribution in [0.3, 0.4) is 0 Å². The van der Waals surface area contributed by atoms with E-state index in [4.69, 9.17) is 5.11 Å². The number of phenolic OH excluding ortho intramolecular Hbond substituents is 1. The van der Waals surface area contributed by atoms with Crippen LogP contribution in [0, 0.1) is 0 Å². The molecule has 1 N–H and O–H groups in total. The quantitative estimate of drug-likeness (QED) is 0.741. The van der Waals surface area contributed by atoms with E-state index < -0.39 is 11.7 Å². The monoisotopic (exact) mass is 204 g/mol. The maximum Gasteiger partial charge on any atom is 0.416 e. The molecule has 4 heteroatoms. The molecule has 0 saturated heterocycles. The summed E-state index contributed by atoms with van der Waals surface area (Å²) in [6, 6.07) is 3.34. The minimum absolute atomic E-state index is 0.204. The van der Waals surface area contributed by atoms with E-state index in [0.717, 1.165) is 6.07 Å². The van der Waals surface area contributed by atoms with Gasteiger partial charge in [-0.05, 0) is 23.6 Å². The Morgan fingerprint density at radius 2 is 1.79 bits per heavy atom. The van der Waals surface area contributed by atoms with E-state index in [2.05, 4.69) is 0 Å². The fourth-order valence-corrected chi connectivity index (χ4v) is 1.29. The first kappa shape index (κ1) is 10.9. The molecule has 0 unspecified atom stereocenters. The summed E-state index contributed by atoms with van der Waals surface area (Å²) >= 11 is 0. The van der Waals surface area contributed by atoms with E-state index in [0.29, 0.717) is 0 Å². The van der Waals surface area contributed by atoms with Gasteiger partial charge in [-0.1, -0.05) is 19.9 Å². The molecular formula is C10H11F3O. The lowest BCUT2D eigenvalue weighted by atomic mass is 9.97. The van der Waals surface area contributed by atoms with Crippen LogP contribution < -0.4 is 0 Å². The molecule has 0 radical (unpaired) electrons. The Balaban J connectivity index is 3.30. The topological polar surface area (TPSA) is 20.2 Å². The van der Waals surface area contributed by atoms with Gasteiger partial charge in [0, 0.05) is 0 Å². The van der Waals surface area contributed by atoms with Crippen molar-refractivity contribution in [1.29, 1.82) is 0 Å². The lowest BCUT2D eigenvalue weighted by molar-refractivity contribution is -0.138. The molecule has 0 fully saturated rings. The number of alkyl halides is 3. The molecule has 0 heterocycles. The highest BCUT2D eigenvalue weighted by atomic mass is 19.4. The van der Waals surface area contributed by atoms with Crippen molar-refractivity contribution in [2.45, 2.75) is 25.9 Å². The van der Waals surface area contributed by atoms with Gasteiger partial charge < -0.3 is 5.11 Å². The zero-order chi connectivity index (χ0) is 10.9. The first-order valence-electron chi connectivity index (χ1n) is 4.22. The van der Waals surface area contributed by atoms with Crippen molar-refractivity contribution < 1.29 is 18.3 Å². The lowest BCUT2D eigenvalue weighted by Crippen LogP contribution is -2.09. The van der Waals surface area contributed by atoms with Gasteiger partial charge in [-0.2, -0.15) is 13.2 Å². The molecule has 0 atom stereocenters. The maximum absolute atomic E-state index is 12.5. The van der Waals surface area contributed by atoms with E-state index in [-0.39, 0.29) is 17.2 Å². The predicted octanol–water partition coefficient (Wildman–Crippen LogP) is 3.53. The lowest BCUT2D eigenvalue weighted by Gasteiger charge is -2.15. The summed E-state index contributed by atoms with van der Waals surface area (Å²) in [6.07, 6.45) is -4.40. The van der Waals surface area contributed by atoms with Gasteiger partial charge in [-0.3, -0.25) is 0 Å². The van der Waals surface area contributed by atoms with Crippen molar-refractivity contribution in [3.8, 4) is 5.75 Å². The van der Waals surface area contributed by atoms with E-state index in [1.807, 2.05) is 0 Å². The summed E-state index contributed by atoms with van der Waals surface area (Å²) < 4.78 is 37.4. The number of hydrogen-bond acceptors (Lipinski definition) is 1. The normalized spacial score (nSPS) is 12.1. The number of benzene rings is 1. The minimum atomic E-state index is -4.40. The molecule has 0 bridgehead atoms. The SMILES string of the molecule is CC(C)c1ccc(O)cc1C(F)(F)F. The van der Waals surface area contributed by atoms with Gasteiger partial charge in [-0.15, -0.1) is 0 Å². The van der Waals surface area contributed by atoms with E-state index in [9.17, 15) is 13.2 Å². The highest BCUT2D eigenvalue weighted by molar-refractivity contribution is 5.38. The van der Waals surface area contributed by atoms with E-state index in [1.165, 1.54) is 12.1 Å². The molecule has 1 aromatic rings. The second-order valence-corrected chi connectivity index (χ2v) is 3.42. The van der Waals surface area contributed by atoms with Gasteiger partial charge in [0.25, 0.3) is 0 Å². The van der Waals surface area contributed by atoms with Crippen molar-refractivity contribution in [3.05, 3.63) is 29.3 Å². The Morgan fingerprint density at radius 3 is 2.21 bits per heavy atom. The number of hydrogen-bond donors (Lipinski definition) is 1. The predicted molar refractivity (Wildman–Crippen MR) is 47.2 cm³/mol. The molecule has 0 aliphatic carbocycles. The van der Waals surface area contributed by atoms with Crippen LogP contribution in [-0.4, -0.2) is 5.11 Å². The van der Waals surface area contributed by atoms with Crippen LogP contribution in [0.4, 0.5) is 13.2 Å². The summed E-state index contributed by atoms with van der Waals surface area (Å²) in [6.45, 7) is 3.36. The number of halogens is 3. The fourth-order valence-electron chi connectivity index (χ4n) is 1.29. The van der Waals surface area contributed by atoms with Crippen LogP contribution in [0.15, 0.2) is 18.2 Å². The maximum atomic E-state index is 12.5. The molecule has 1 nitrogen and oxygen atoms in total. The zero-order valence-corrected chi connectivity index (χ0v) is 7.89. The van der Waals surface area contributed by atoms with Crippen LogP contribution in [0.5, 0.6) is 5.75 Å². The third kappa shape index (κ3) is 2.19. The number of rotatable bonds is 1. The highest BCUT2D eigenvalue weighted by Crippen LogP contribution is 2.36. The average Bonchev–Trinajstić information content (AvgIpc) is 2.01. The summed E-state index contributed by atoms with van der Waals surface area (Å²) in [4.78, 5) is 0. The van der Waals surface area contributed by atoms with Crippen LogP contribution >= 0.6 is 0 Å². The first-order valence-corrected chi connectivity index (χ1v) is 4.22. The summed E-state index contributed by atoms with van der Waals surface area (Å²) in [5, 5.41) is 8.98. The van der Waals surface area contributed by atoms with Gasteiger partial charge in [0.15, 0.2) is 0 Å². The molecule has 78 valence electrons. The van der Waals surface area contributed by atoms with Gasteiger partial charge in [0.2, 0.25) is 0 Å². The Morgan fingerprint density at radius 1 is 1.21 bits per heavy atom. The molecule has 0 spiro atoms. The summed E-state index contributed by atoms with van der Waals surface area (Å²) in [5.41, 5.74) is -0.553. The second-order valence-electron chi connectivity index (χ2n) is 3.42. The second kappa shape index (κ2) is 3.52. The van der Waals surface area contributed by atoms with Gasteiger partial charge in [-0.25, -0.2) is 0 Å². The van der Waals surface area contributed by atoms with Gasteiger partial charge in [0.05, 0.1) is 5.56 Å². The molecule has 0 saturated carbocycles. The van der Waals surface area contributed by atoms with E-state index in [1.54, 1.807) is 13.8 Å². The summed E-state index contributed by atoms with van der Waals surface area (Å²) in [7, 11) is 0. The third-order valence-corrected chi connectivity index (χ3v) is 1.96. The Bertz CT molecular complexity index is 329. The smallest absolute Gasteiger partial charge is 0.416 e. The average molecular weight is 204 g/mol. The van der Waals surface area contributed by atoms with E-state index >= 15 is 0 Å². The molecule has 1 aromatic carbocycles. The Labute approximate surface area is 80.2 Å². The van der Waals surface area contributed by atoms with Crippen LogP contribution in [0.25, 0.3) is 0 Å². The van der Waals surface area contributed by atoms with Crippen LogP contribution in [0.1, 0.15) is 30.9 Å². The molecule has 0 amide bonds. The summed E-state index contributed by atoms with van der Waals surface area (Å²) in [5.74, 6) is -0.575. The molecule has 0 aliphatic rings. The molecule has 0 aromatic heterocycles. The zero-order valence-electron chi connectivity index (χ0n) is 7.89. The molecular weight excluding hydrogens is 193 g/mol. The van der Waals surface area contributed by atoms with Gasteiger partial charge >= 0.3 is 6.18 Å². The molecule has 0 aliphatic heterocycles. The Kier molecular flexibility index (Phi) is 2.73. The van der Waals surface area contributed by atoms with Crippen molar-refractivity contribution in [2.75, 3.05) is 0 Å². The van der Waals surface area contributed by atoms with Gasteiger partial charge in [0.1, 0.15) is 5.75 Å². The minimum Gasteiger partial charge on any atom is -0.508 e. The van der Waals surface area contributed by atoms with Crippen molar-refractivity contribution in [3.63, 3.8) is 0 Å². The van der Waals surface area contributed by atoms with Crippen molar-refractivity contribution in [1.82, 2.24) is 0 Å². The van der Waals surface area contributed by atoms with Crippen LogP contribution in [-0.2, 0) is 6.18 Å². The third-order valence-electron chi connectivity index (χ3n) is 1.96. The first-order chi connectivity index (χ1) is 6.32. The van der Waals surface area contributed by atoms with Crippen LogP contribution in [0.2, 0.25) is 0 Å². The Hall–Kier alpha value is -1.19. The fraction of sp³-hybridized carbons (Fsp3) is 0.400.